The van der Waals surface area contributed by atoms with Gasteiger partial charge in [0.1, 0.15) is 6.10 Å². The molecule has 1 aromatic rings. The molecule has 0 aliphatic heterocycles. The third-order valence-corrected chi connectivity index (χ3v) is 2.09. The highest BCUT2D eigenvalue weighted by atomic mass is 35.5. The molecule has 1 unspecified atom stereocenters. The Morgan fingerprint density at radius 2 is 1.85 bits per heavy atom. The molecule has 1 nitrogen and oxygen atoms in total. The number of aliphatic hydroxyl groups excluding tert-OH is 1. The quantitative estimate of drug-likeness (QED) is 0.821. The van der Waals surface area contributed by atoms with E-state index in [2.05, 4.69) is 0 Å². The summed E-state index contributed by atoms with van der Waals surface area (Å²) in [6, 6.07) is 4.05. The average molecular weight is 227 g/mol. The predicted octanol–water partition coefficient (Wildman–Crippen LogP) is 3.29. The Hall–Kier alpha value is -0.380. The maximum Gasteiger partial charge on any atom is 0.268 e. The fourth-order valence-electron chi connectivity index (χ4n) is 0.877. The zero-order valence-electron chi connectivity index (χ0n) is 6.35. The lowest BCUT2D eigenvalue weighted by atomic mass is 10.1. The molecule has 5 heteroatoms. The number of alkyl halides is 2. The van der Waals surface area contributed by atoms with Crippen LogP contribution in [0.1, 0.15) is 11.7 Å². The van der Waals surface area contributed by atoms with Crippen molar-refractivity contribution < 1.29 is 13.9 Å². The summed E-state index contributed by atoms with van der Waals surface area (Å²) in [7, 11) is 0. The van der Waals surface area contributed by atoms with E-state index in [9.17, 15) is 8.78 Å². The van der Waals surface area contributed by atoms with Gasteiger partial charge in [0.05, 0.1) is 0 Å². The minimum absolute atomic E-state index is 0.0517. The first-order valence-corrected chi connectivity index (χ1v) is 4.19. The molecule has 0 fully saturated rings. The van der Waals surface area contributed by atoms with Crippen LogP contribution in [0, 0.1) is 0 Å². The van der Waals surface area contributed by atoms with Crippen LogP contribution in [0.4, 0.5) is 8.78 Å². The van der Waals surface area contributed by atoms with Gasteiger partial charge >= 0.3 is 0 Å². The first-order valence-electron chi connectivity index (χ1n) is 3.43. The van der Waals surface area contributed by atoms with Crippen molar-refractivity contribution in [2.24, 2.45) is 0 Å². The SMILES string of the molecule is OC(c1cc(Cl)ccc1Cl)C(F)F. The Labute approximate surface area is 83.9 Å². The summed E-state index contributed by atoms with van der Waals surface area (Å²) in [6.07, 6.45) is -4.75. The van der Waals surface area contributed by atoms with Gasteiger partial charge in [-0.05, 0) is 18.2 Å². The van der Waals surface area contributed by atoms with Crippen molar-refractivity contribution in [1.29, 1.82) is 0 Å². The van der Waals surface area contributed by atoms with Crippen molar-refractivity contribution in [3.8, 4) is 0 Å². The molecule has 0 aliphatic carbocycles. The van der Waals surface area contributed by atoms with Gasteiger partial charge in [-0.2, -0.15) is 0 Å². The number of rotatable bonds is 2. The monoisotopic (exact) mass is 226 g/mol. The maximum absolute atomic E-state index is 12.1. The lowest BCUT2D eigenvalue weighted by Crippen LogP contribution is -2.08. The Bertz CT molecular complexity index is 304. The van der Waals surface area contributed by atoms with Crippen LogP contribution in [-0.4, -0.2) is 11.5 Å². The smallest absolute Gasteiger partial charge is 0.268 e. The second-order valence-corrected chi connectivity index (χ2v) is 3.29. The Kier molecular flexibility index (Phi) is 3.47. The molecule has 13 heavy (non-hydrogen) atoms. The minimum Gasteiger partial charge on any atom is -0.382 e. The van der Waals surface area contributed by atoms with E-state index in [1.165, 1.54) is 18.2 Å². The van der Waals surface area contributed by atoms with Crippen molar-refractivity contribution in [2.75, 3.05) is 0 Å². The maximum atomic E-state index is 12.1. The largest absolute Gasteiger partial charge is 0.382 e. The highest BCUT2D eigenvalue weighted by molar-refractivity contribution is 6.33. The van der Waals surface area contributed by atoms with Gasteiger partial charge in [-0.3, -0.25) is 0 Å². The molecule has 0 saturated carbocycles. The van der Waals surface area contributed by atoms with Gasteiger partial charge in [-0.15, -0.1) is 0 Å². The highest BCUT2D eigenvalue weighted by Gasteiger charge is 2.21. The first kappa shape index (κ1) is 10.7. The number of aliphatic hydroxyl groups is 1. The van der Waals surface area contributed by atoms with Crippen molar-refractivity contribution in [1.82, 2.24) is 0 Å². The summed E-state index contributed by atoms with van der Waals surface area (Å²) in [4.78, 5) is 0. The molecule has 0 aromatic heterocycles. The van der Waals surface area contributed by atoms with E-state index >= 15 is 0 Å². The summed E-state index contributed by atoms with van der Waals surface area (Å²) >= 11 is 11.1. The van der Waals surface area contributed by atoms with Crippen LogP contribution in [0.2, 0.25) is 10.0 Å². The van der Waals surface area contributed by atoms with E-state index in [4.69, 9.17) is 28.3 Å². The third kappa shape index (κ3) is 2.53. The minimum atomic E-state index is -2.86. The lowest BCUT2D eigenvalue weighted by Gasteiger charge is -2.11. The molecule has 0 heterocycles. The van der Waals surface area contributed by atoms with E-state index in [0.29, 0.717) is 0 Å². The molecular weight excluding hydrogens is 221 g/mol. The van der Waals surface area contributed by atoms with Crippen molar-refractivity contribution >= 4 is 23.2 Å². The molecule has 0 bridgehead atoms. The summed E-state index contributed by atoms with van der Waals surface area (Å²) in [5, 5.41) is 9.35. The Balaban J connectivity index is 3.05. The van der Waals surface area contributed by atoms with E-state index in [-0.39, 0.29) is 15.6 Å². The zero-order valence-corrected chi connectivity index (χ0v) is 7.86. The molecule has 0 radical (unpaired) electrons. The zero-order chi connectivity index (χ0) is 10.0. The van der Waals surface area contributed by atoms with Gasteiger partial charge in [-0.1, -0.05) is 23.2 Å². The van der Waals surface area contributed by atoms with E-state index in [1.807, 2.05) is 0 Å². The topological polar surface area (TPSA) is 20.2 Å². The van der Waals surface area contributed by atoms with Crippen LogP contribution < -0.4 is 0 Å². The average Bonchev–Trinajstić information content (AvgIpc) is 2.08. The fraction of sp³-hybridized carbons (Fsp3) is 0.250. The molecular formula is C8H6Cl2F2O. The summed E-state index contributed by atoms with van der Waals surface area (Å²) in [5.74, 6) is 0. The highest BCUT2D eigenvalue weighted by Crippen LogP contribution is 2.29. The normalized spacial score (nSPS) is 13.4. The third-order valence-electron chi connectivity index (χ3n) is 1.52. The van der Waals surface area contributed by atoms with Crippen molar-refractivity contribution in [2.45, 2.75) is 12.5 Å². The van der Waals surface area contributed by atoms with Crippen LogP contribution in [0.15, 0.2) is 18.2 Å². The number of benzene rings is 1. The van der Waals surface area contributed by atoms with E-state index < -0.39 is 12.5 Å². The molecule has 0 saturated heterocycles. The van der Waals surface area contributed by atoms with Crippen LogP contribution in [-0.2, 0) is 0 Å². The Morgan fingerprint density at radius 1 is 1.23 bits per heavy atom. The lowest BCUT2D eigenvalue weighted by molar-refractivity contribution is -0.00571. The molecule has 0 spiro atoms. The standard InChI is InChI=1S/C8H6Cl2F2O/c9-4-1-2-6(10)5(3-4)7(13)8(11)12/h1-3,7-8,13H. The van der Waals surface area contributed by atoms with Gasteiger partial charge < -0.3 is 5.11 Å². The number of halogens is 4. The molecule has 1 aromatic carbocycles. The fourth-order valence-corrected chi connectivity index (χ4v) is 1.29. The second-order valence-electron chi connectivity index (χ2n) is 2.45. The van der Waals surface area contributed by atoms with Crippen molar-refractivity contribution in [3.05, 3.63) is 33.8 Å². The van der Waals surface area contributed by atoms with Crippen LogP contribution in [0.3, 0.4) is 0 Å². The second kappa shape index (κ2) is 4.22. The van der Waals surface area contributed by atoms with Crippen molar-refractivity contribution in [3.63, 3.8) is 0 Å². The number of hydrogen-bond donors (Lipinski definition) is 1. The van der Waals surface area contributed by atoms with E-state index in [0.717, 1.165) is 0 Å². The molecule has 0 aliphatic rings. The van der Waals surface area contributed by atoms with E-state index in [1.54, 1.807) is 0 Å². The number of hydrogen-bond acceptors (Lipinski definition) is 1. The van der Waals surface area contributed by atoms with Crippen LogP contribution in [0.5, 0.6) is 0 Å². The first-order chi connectivity index (χ1) is 6.02. The van der Waals surface area contributed by atoms with Gasteiger partial charge in [0.25, 0.3) is 6.43 Å². The molecule has 72 valence electrons. The van der Waals surface area contributed by atoms with Crippen LogP contribution in [0.25, 0.3) is 0 Å². The molecule has 1 atom stereocenters. The molecule has 1 rings (SSSR count). The molecule has 0 amide bonds. The van der Waals surface area contributed by atoms with Gasteiger partial charge in [-0.25, -0.2) is 8.78 Å². The van der Waals surface area contributed by atoms with Crippen LogP contribution >= 0.6 is 23.2 Å². The molecule has 1 N–H and O–H groups in total. The predicted molar refractivity (Wildman–Crippen MR) is 47.4 cm³/mol. The van der Waals surface area contributed by atoms with Gasteiger partial charge in [0, 0.05) is 15.6 Å². The van der Waals surface area contributed by atoms with Gasteiger partial charge in [0.2, 0.25) is 0 Å². The Morgan fingerprint density at radius 3 is 2.38 bits per heavy atom. The van der Waals surface area contributed by atoms with Gasteiger partial charge in [0.15, 0.2) is 0 Å². The summed E-state index contributed by atoms with van der Waals surface area (Å²) in [5.41, 5.74) is -0.0517. The summed E-state index contributed by atoms with van der Waals surface area (Å²) < 4.78 is 24.1. The summed E-state index contributed by atoms with van der Waals surface area (Å²) in [6.45, 7) is 0.